The molecule has 32 heavy (non-hydrogen) atoms. The summed E-state index contributed by atoms with van der Waals surface area (Å²) in [5.41, 5.74) is 4.51. The third-order valence-electron chi connectivity index (χ3n) is 6.37. The van der Waals surface area contributed by atoms with Gasteiger partial charge in [0.15, 0.2) is 0 Å². The van der Waals surface area contributed by atoms with Crippen molar-refractivity contribution in [2.24, 2.45) is 5.92 Å². The Labute approximate surface area is 184 Å². The molecule has 2 heterocycles. The summed E-state index contributed by atoms with van der Waals surface area (Å²) in [6.07, 6.45) is 0.824. The summed E-state index contributed by atoms with van der Waals surface area (Å²) < 4.78 is 19.9. The first-order valence-corrected chi connectivity index (χ1v) is 10.5. The topological polar surface area (TPSA) is 79.7 Å². The van der Waals surface area contributed by atoms with Crippen LogP contribution in [0, 0.1) is 11.7 Å². The Kier molecular flexibility index (Phi) is 5.09. The molecule has 2 atom stereocenters. The van der Waals surface area contributed by atoms with E-state index in [0.29, 0.717) is 0 Å². The number of carboxylic acids is 1. The number of pyridine rings is 1. The van der Waals surface area contributed by atoms with Crippen LogP contribution in [-0.4, -0.2) is 46.7 Å². The normalized spacial score (nSPS) is 19.5. The van der Waals surface area contributed by atoms with E-state index in [2.05, 4.69) is 17.1 Å². The van der Waals surface area contributed by atoms with Crippen LogP contribution in [0.5, 0.6) is 0 Å². The number of carboxylic acid groups (broad SMARTS) is 1. The lowest BCUT2D eigenvalue weighted by molar-refractivity contribution is -0.141. The lowest BCUT2D eigenvalue weighted by Crippen LogP contribution is -2.31. The molecule has 0 spiro atoms. The number of aliphatic carboxylic acids is 1. The molecule has 2 aliphatic rings. The lowest BCUT2D eigenvalue weighted by Gasteiger charge is -2.19. The van der Waals surface area contributed by atoms with Crippen LogP contribution >= 0.6 is 0 Å². The third-order valence-corrected chi connectivity index (χ3v) is 6.37. The molecule has 3 aromatic rings. The van der Waals surface area contributed by atoms with Gasteiger partial charge in [-0.2, -0.15) is 0 Å². The highest BCUT2D eigenvalue weighted by Crippen LogP contribution is 2.44. The van der Waals surface area contributed by atoms with Crippen molar-refractivity contribution >= 4 is 12.1 Å². The first kappa shape index (κ1) is 20.2. The number of aromatic nitrogens is 1. The van der Waals surface area contributed by atoms with Crippen LogP contribution in [0.3, 0.4) is 0 Å². The quantitative estimate of drug-likeness (QED) is 0.666. The Morgan fingerprint density at radius 1 is 1.00 bits per heavy atom. The zero-order chi connectivity index (χ0) is 22.2. The van der Waals surface area contributed by atoms with E-state index in [4.69, 9.17) is 4.74 Å². The number of amides is 1. The molecule has 162 valence electrons. The molecule has 1 N–H and O–H groups in total. The van der Waals surface area contributed by atoms with Gasteiger partial charge in [0.25, 0.3) is 0 Å². The summed E-state index contributed by atoms with van der Waals surface area (Å²) in [4.78, 5) is 30.0. The molecule has 1 saturated heterocycles. The van der Waals surface area contributed by atoms with Gasteiger partial charge >= 0.3 is 12.1 Å². The number of carbonyl (C=O) groups is 2. The van der Waals surface area contributed by atoms with Crippen LogP contribution < -0.4 is 0 Å². The highest BCUT2D eigenvalue weighted by Gasteiger charge is 2.43. The molecule has 1 fully saturated rings. The van der Waals surface area contributed by atoms with E-state index < -0.39 is 29.7 Å². The van der Waals surface area contributed by atoms with Gasteiger partial charge in [0.2, 0.25) is 0 Å². The molecule has 1 aliphatic carbocycles. The average molecular weight is 432 g/mol. The van der Waals surface area contributed by atoms with Crippen molar-refractivity contribution in [2.45, 2.75) is 11.8 Å². The van der Waals surface area contributed by atoms with Crippen molar-refractivity contribution in [3.8, 4) is 11.1 Å². The van der Waals surface area contributed by atoms with Crippen LogP contribution in [0.1, 0.15) is 28.7 Å². The van der Waals surface area contributed by atoms with Gasteiger partial charge < -0.3 is 14.7 Å². The number of hydrogen-bond donors (Lipinski definition) is 1. The smallest absolute Gasteiger partial charge is 0.409 e. The fourth-order valence-corrected chi connectivity index (χ4v) is 4.84. The van der Waals surface area contributed by atoms with Crippen molar-refractivity contribution in [1.29, 1.82) is 0 Å². The molecule has 0 saturated carbocycles. The van der Waals surface area contributed by atoms with Crippen molar-refractivity contribution in [1.82, 2.24) is 9.88 Å². The Balaban J connectivity index is 1.33. The maximum atomic E-state index is 14.3. The highest BCUT2D eigenvalue weighted by molar-refractivity contribution is 5.79. The standard InChI is InChI=1S/C25H21FN2O4/c26-22-10-5-11-27-23(22)19-12-28(13-20(19)24(29)30)25(31)32-14-21-17-8-3-1-6-15(17)16-7-2-4-9-18(16)21/h1-11,19-21H,12-14H2,(H,29,30). The summed E-state index contributed by atoms with van der Waals surface area (Å²) in [6.45, 7) is 0.137. The molecule has 1 aliphatic heterocycles. The number of likely N-dealkylation sites (tertiary alicyclic amines) is 1. The molecular formula is C25H21FN2O4. The first-order valence-electron chi connectivity index (χ1n) is 10.5. The molecule has 0 radical (unpaired) electrons. The summed E-state index contributed by atoms with van der Waals surface area (Å²) in [7, 11) is 0. The number of nitrogens with zero attached hydrogens (tertiary/aromatic N) is 2. The Morgan fingerprint density at radius 2 is 1.66 bits per heavy atom. The Bertz CT molecular complexity index is 1150. The van der Waals surface area contributed by atoms with Crippen molar-refractivity contribution in [3.05, 3.63) is 89.5 Å². The van der Waals surface area contributed by atoms with Crippen molar-refractivity contribution in [3.63, 3.8) is 0 Å². The number of benzene rings is 2. The zero-order valence-electron chi connectivity index (χ0n) is 17.1. The molecule has 1 aromatic heterocycles. The monoisotopic (exact) mass is 432 g/mol. The molecule has 2 unspecified atom stereocenters. The Morgan fingerprint density at radius 3 is 2.28 bits per heavy atom. The SMILES string of the molecule is O=C(O)C1CN(C(=O)OCC2c3ccccc3-c3ccccc32)CC1c1ncccc1F. The van der Waals surface area contributed by atoms with E-state index >= 15 is 0 Å². The fourth-order valence-electron chi connectivity index (χ4n) is 4.84. The van der Waals surface area contributed by atoms with E-state index in [-0.39, 0.29) is 31.3 Å². The van der Waals surface area contributed by atoms with Gasteiger partial charge in [-0.25, -0.2) is 9.18 Å². The van der Waals surface area contributed by atoms with Crippen molar-refractivity contribution in [2.75, 3.05) is 19.7 Å². The number of carbonyl (C=O) groups excluding carboxylic acids is 1. The predicted molar refractivity (Wildman–Crippen MR) is 115 cm³/mol. The van der Waals surface area contributed by atoms with Crippen LogP contribution in [0.2, 0.25) is 0 Å². The summed E-state index contributed by atoms with van der Waals surface area (Å²) in [5, 5.41) is 9.63. The largest absolute Gasteiger partial charge is 0.481 e. The maximum absolute atomic E-state index is 14.3. The average Bonchev–Trinajstić information content (AvgIpc) is 3.38. The van der Waals surface area contributed by atoms with Gasteiger partial charge in [0, 0.05) is 31.1 Å². The van der Waals surface area contributed by atoms with Crippen molar-refractivity contribution < 1.29 is 23.8 Å². The minimum Gasteiger partial charge on any atom is -0.481 e. The molecule has 5 rings (SSSR count). The second-order valence-electron chi connectivity index (χ2n) is 8.13. The maximum Gasteiger partial charge on any atom is 0.409 e. The minimum atomic E-state index is -1.09. The van der Waals surface area contributed by atoms with Gasteiger partial charge in [-0.05, 0) is 34.4 Å². The van der Waals surface area contributed by atoms with E-state index in [1.165, 1.54) is 23.2 Å². The van der Waals surface area contributed by atoms with E-state index in [1.54, 1.807) is 0 Å². The van der Waals surface area contributed by atoms with E-state index in [1.807, 2.05) is 36.4 Å². The molecule has 0 bridgehead atoms. The van der Waals surface area contributed by atoms with Crippen LogP contribution in [-0.2, 0) is 9.53 Å². The molecular weight excluding hydrogens is 411 g/mol. The van der Waals surface area contributed by atoms with Crippen LogP contribution in [0.15, 0.2) is 66.9 Å². The fraction of sp³-hybridized carbons (Fsp3) is 0.240. The van der Waals surface area contributed by atoms with Gasteiger partial charge in [0.1, 0.15) is 12.4 Å². The summed E-state index contributed by atoms with van der Waals surface area (Å²) in [5.74, 6) is -3.42. The van der Waals surface area contributed by atoms with Gasteiger partial charge in [-0.1, -0.05) is 48.5 Å². The molecule has 7 heteroatoms. The summed E-state index contributed by atoms with van der Waals surface area (Å²) in [6, 6.07) is 18.8. The second-order valence-corrected chi connectivity index (χ2v) is 8.13. The molecule has 6 nitrogen and oxygen atoms in total. The van der Waals surface area contributed by atoms with Crippen LogP contribution in [0.4, 0.5) is 9.18 Å². The number of fused-ring (bicyclic) bond motifs is 3. The first-order chi connectivity index (χ1) is 15.5. The Hall–Kier alpha value is -3.74. The van der Waals surface area contributed by atoms with Gasteiger partial charge in [-0.15, -0.1) is 0 Å². The molecule has 1 amide bonds. The highest BCUT2D eigenvalue weighted by atomic mass is 19.1. The summed E-state index contributed by atoms with van der Waals surface area (Å²) >= 11 is 0. The second kappa shape index (κ2) is 8.07. The third kappa shape index (κ3) is 3.39. The zero-order valence-corrected chi connectivity index (χ0v) is 17.1. The number of halogens is 1. The minimum absolute atomic E-state index is 0.0432. The predicted octanol–water partition coefficient (Wildman–Crippen LogP) is 4.27. The molecule has 2 aromatic carbocycles. The van der Waals surface area contributed by atoms with E-state index in [0.717, 1.165) is 22.3 Å². The number of hydrogen-bond acceptors (Lipinski definition) is 4. The van der Waals surface area contributed by atoms with Gasteiger partial charge in [0.05, 0.1) is 11.6 Å². The lowest BCUT2D eigenvalue weighted by atomic mass is 9.92. The van der Waals surface area contributed by atoms with E-state index in [9.17, 15) is 19.1 Å². The van der Waals surface area contributed by atoms with Crippen LogP contribution in [0.25, 0.3) is 11.1 Å². The van der Waals surface area contributed by atoms with Gasteiger partial charge in [-0.3, -0.25) is 9.78 Å². The number of ether oxygens (including phenoxy) is 1. The number of rotatable bonds is 4.